The van der Waals surface area contributed by atoms with Gasteiger partial charge in [0.25, 0.3) is 0 Å². The Morgan fingerprint density at radius 1 is 1.04 bits per heavy atom. The van der Waals surface area contributed by atoms with Gasteiger partial charge in [0.05, 0.1) is 18.3 Å². The molecule has 2 aliphatic carbocycles. The third-order valence-corrected chi connectivity index (χ3v) is 7.03. The summed E-state index contributed by atoms with van der Waals surface area (Å²) in [7, 11) is 0. The van der Waals surface area contributed by atoms with E-state index in [-0.39, 0.29) is 16.9 Å². The van der Waals surface area contributed by atoms with Gasteiger partial charge in [-0.05, 0) is 12.8 Å². The van der Waals surface area contributed by atoms with Crippen molar-refractivity contribution in [3.8, 4) is 0 Å². The maximum atomic E-state index is 10.9. The highest BCUT2D eigenvalue weighted by atomic mass is 16.7. The van der Waals surface area contributed by atoms with Crippen molar-refractivity contribution in [1.29, 1.82) is 0 Å². The molecule has 0 unspecified atom stereocenters. The summed E-state index contributed by atoms with van der Waals surface area (Å²) in [6.07, 6.45) is -4.77. The largest absolute Gasteiger partial charge is 0.394 e. The Morgan fingerprint density at radius 2 is 1.70 bits per heavy atom. The maximum absolute atomic E-state index is 10.9. The molecule has 2 bridgehead atoms. The van der Waals surface area contributed by atoms with Crippen LogP contribution in [0.25, 0.3) is 0 Å². The van der Waals surface area contributed by atoms with E-state index in [1.807, 2.05) is 13.8 Å². The number of hydrogen-bond acceptors (Lipinski definition) is 7. The summed E-state index contributed by atoms with van der Waals surface area (Å²) >= 11 is 0. The van der Waals surface area contributed by atoms with E-state index in [0.29, 0.717) is 12.8 Å². The molecule has 0 aromatic heterocycles. The molecule has 0 aromatic carbocycles. The van der Waals surface area contributed by atoms with Gasteiger partial charge < -0.3 is 35.0 Å². The lowest BCUT2D eigenvalue weighted by Gasteiger charge is -2.44. The third kappa shape index (κ3) is 2.22. The molecular weight excluding hydrogens is 304 g/mol. The second kappa shape index (κ2) is 5.36. The Kier molecular flexibility index (Phi) is 4.09. The zero-order valence-corrected chi connectivity index (χ0v) is 13.8. The predicted octanol–water partition coefficient (Wildman–Crippen LogP) is -0.867. The second-order valence-corrected chi connectivity index (χ2v) is 8.10. The zero-order chi connectivity index (χ0) is 17.2. The van der Waals surface area contributed by atoms with Crippen LogP contribution in [0.3, 0.4) is 0 Å². The van der Waals surface area contributed by atoms with Crippen LogP contribution in [0.4, 0.5) is 0 Å². The fourth-order valence-electron chi connectivity index (χ4n) is 4.62. The molecule has 134 valence electrons. The molecule has 0 amide bonds. The zero-order valence-electron chi connectivity index (χ0n) is 13.8. The summed E-state index contributed by atoms with van der Waals surface area (Å²) in [4.78, 5) is 0. The van der Waals surface area contributed by atoms with E-state index in [1.54, 1.807) is 0 Å². The molecule has 5 N–H and O–H groups in total. The third-order valence-electron chi connectivity index (χ3n) is 7.03. The summed E-state index contributed by atoms with van der Waals surface area (Å²) in [5.41, 5.74) is -1.43. The van der Waals surface area contributed by atoms with Gasteiger partial charge in [-0.25, -0.2) is 0 Å². The molecule has 3 rings (SSSR count). The van der Waals surface area contributed by atoms with Gasteiger partial charge in [-0.3, -0.25) is 0 Å². The summed E-state index contributed by atoms with van der Waals surface area (Å²) in [5.74, 6) is 0. The number of aliphatic hydroxyl groups excluding tert-OH is 4. The minimum atomic E-state index is -1.45. The minimum Gasteiger partial charge on any atom is -0.394 e. The van der Waals surface area contributed by atoms with Crippen LogP contribution in [-0.2, 0) is 9.47 Å². The lowest BCUT2D eigenvalue weighted by Crippen LogP contribution is -2.60. The molecule has 7 nitrogen and oxygen atoms in total. The predicted molar refractivity (Wildman–Crippen MR) is 79.3 cm³/mol. The fraction of sp³-hybridized carbons (Fsp3) is 1.00. The van der Waals surface area contributed by atoms with Crippen LogP contribution >= 0.6 is 0 Å². The van der Waals surface area contributed by atoms with Gasteiger partial charge in [-0.2, -0.15) is 0 Å². The van der Waals surface area contributed by atoms with Crippen LogP contribution in [-0.4, -0.2) is 74.6 Å². The van der Waals surface area contributed by atoms with Gasteiger partial charge in [-0.1, -0.05) is 20.8 Å². The van der Waals surface area contributed by atoms with E-state index in [2.05, 4.69) is 6.92 Å². The highest BCUT2D eigenvalue weighted by Gasteiger charge is 2.70. The quantitative estimate of drug-likeness (QED) is 0.456. The van der Waals surface area contributed by atoms with Gasteiger partial charge in [0.2, 0.25) is 0 Å². The number of rotatable bonds is 3. The van der Waals surface area contributed by atoms with Crippen LogP contribution in [0, 0.1) is 10.8 Å². The van der Waals surface area contributed by atoms with Gasteiger partial charge in [0.1, 0.15) is 24.4 Å². The summed E-state index contributed by atoms with van der Waals surface area (Å²) in [6, 6.07) is 0. The standard InChI is InChI=1S/C16H28O7/c1-14(2)15(3)4-5-16(14,21)6-9(15)23-13-12(20)11(19)10(18)8(7-17)22-13/h8-13,17-21H,4-7H2,1-3H3/t8-,9-,10-,11+,12-,13+,15-,16-/m1/s1. The average Bonchev–Trinajstić information content (AvgIpc) is 2.76. The average molecular weight is 332 g/mol. The Bertz CT molecular complexity index is 467. The number of aliphatic hydroxyl groups is 5. The van der Waals surface area contributed by atoms with Crippen LogP contribution < -0.4 is 0 Å². The van der Waals surface area contributed by atoms with Crippen LogP contribution in [0.15, 0.2) is 0 Å². The first-order chi connectivity index (χ1) is 10.6. The molecule has 3 fully saturated rings. The molecule has 8 atom stereocenters. The van der Waals surface area contributed by atoms with E-state index < -0.39 is 42.9 Å². The molecule has 0 radical (unpaired) electrons. The van der Waals surface area contributed by atoms with Gasteiger partial charge >= 0.3 is 0 Å². The molecule has 1 saturated heterocycles. The Labute approximate surface area is 135 Å². The second-order valence-electron chi connectivity index (χ2n) is 8.10. The summed E-state index contributed by atoms with van der Waals surface area (Å²) < 4.78 is 11.4. The normalized spacial score (nSPS) is 55.3. The van der Waals surface area contributed by atoms with Crippen molar-refractivity contribution in [3.63, 3.8) is 0 Å². The van der Waals surface area contributed by atoms with Crippen molar-refractivity contribution < 1.29 is 35.0 Å². The highest BCUT2D eigenvalue weighted by molar-refractivity contribution is 5.19. The first kappa shape index (κ1) is 17.5. The number of hydrogen-bond donors (Lipinski definition) is 5. The van der Waals surface area contributed by atoms with Crippen LogP contribution in [0.1, 0.15) is 40.0 Å². The summed E-state index contributed by atoms with van der Waals surface area (Å²) in [5, 5.41) is 50.0. The Balaban J connectivity index is 1.78. The fourth-order valence-corrected chi connectivity index (χ4v) is 4.62. The maximum Gasteiger partial charge on any atom is 0.186 e. The highest BCUT2D eigenvalue weighted by Crippen LogP contribution is 2.68. The molecular formula is C16H28O7. The molecule has 3 aliphatic rings. The molecule has 1 heterocycles. The molecule has 0 spiro atoms. The van der Waals surface area contributed by atoms with E-state index >= 15 is 0 Å². The van der Waals surface area contributed by atoms with E-state index in [4.69, 9.17) is 9.47 Å². The van der Waals surface area contributed by atoms with E-state index in [9.17, 15) is 25.5 Å². The molecule has 0 aromatic rings. The number of fused-ring (bicyclic) bond motifs is 2. The van der Waals surface area contributed by atoms with Gasteiger partial charge in [0.15, 0.2) is 6.29 Å². The SMILES string of the molecule is CC1(C)[C@@]2(O)CC[C@]1(C)[C@H](O[C@@H]1O[C@H](CO)[C@@H](O)[C@H](O)[C@H]1O)C2. The first-order valence-electron chi connectivity index (χ1n) is 8.26. The number of ether oxygens (including phenoxy) is 2. The van der Waals surface area contributed by atoms with Crippen molar-refractivity contribution in [1.82, 2.24) is 0 Å². The Hall–Kier alpha value is -0.280. The van der Waals surface area contributed by atoms with Crippen molar-refractivity contribution in [2.24, 2.45) is 10.8 Å². The smallest absolute Gasteiger partial charge is 0.186 e. The topological polar surface area (TPSA) is 120 Å². The minimum absolute atomic E-state index is 0.277. The van der Waals surface area contributed by atoms with Gasteiger partial charge in [-0.15, -0.1) is 0 Å². The van der Waals surface area contributed by atoms with Crippen LogP contribution in [0.2, 0.25) is 0 Å². The first-order valence-corrected chi connectivity index (χ1v) is 8.26. The molecule has 2 saturated carbocycles. The molecule has 7 heteroatoms. The monoisotopic (exact) mass is 332 g/mol. The van der Waals surface area contributed by atoms with Crippen molar-refractivity contribution >= 4 is 0 Å². The van der Waals surface area contributed by atoms with E-state index in [1.165, 1.54) is 0 Å². The van der Waals surface area contributed by atoms with Crippen molar-refractivity contribution in [2.45, 2.75) is 82.4 Å². The lowest BCUT2D eigenvalue weighted by molar-refractivity contribution is -0.319. The van der Waals surface area contributed by atoms with Crippen molar-refractivity contribution in [2.75, 3.05) is 6.61 Å². The van der Waals surface area contributed by atoms with Crippen LogP contribution in [0.5, 0.6) is 0 Å². The summed E-state index contributed by atoms with van der Waals surface area (Å²) in [6.45, 7) is 5.63. The van der Waals surface area contributed by atoms with E-state index in [0.717, 1.165) is 6.42 Å². The molecule has 1 aliphatic heterocycles. The lowest BCUT2D eigenvalue weighted by atomic mass is 9.69. The Morgan fingerprint density at radius 3 is 2.17 bits per heavy atom. The van der Waals surface area contributed by atoms with Gasteiger partial charge in [0, 0.05) is 17.3 Å². The van der Waals surface area contributed by atoms with Crippen molar-refractivity contribution in [3.05, 3.63) is 0 Å². The molecule has 23 heavy (non-hydrogen) atoms.